The molecule has 0 spiro atoms. The summed E-state index contributed by atoms with van der Waals surface area (Å²) in [5.41, 5.74) is 1.68. The van der Waals surface area contributed by atoms with Gasteiger partial charge in [0.15, 0.2) is 0 Å². The van der Waals surface area contributed by atoms with Crippen LogP contribution in [0.3, 0.4) is 0 Å². The van der Waals surface area contributed by atoms with Crippen LogP contribution in [0.15, 0.2) is 18.2 Å². The van der Waals surface area contributed by atoms with E-state index in [1.54, 1.807) is 19.1 Å². The molecule has 11 heavy (non-hydrogen) atoms. The Hall–Kier alpha value is -0.370. The van der Waals surface area contributed by atoms with Gasteiger partial charge in [0, 0.05) is 4.83 Å². The highest BCUT2D eigenvalue weighted by atomic mass is 79.9. The van der Waals surface area contributed by atoms with E-state index in [0.717, 1.165) is 5.56 Å². The van der Waals surface area contributed by atoms with Crippen molar-refractivity contribution in [2.75, 3.05) is 0 Å². The first-order chi connectivity index (χ1) is 5.11. The van der Waals surface area contributed by atoms with Crippen LogP contribution in [-0.4, -0.2) is 0 Å². The van der Waals surface area contributed by atoms with Crippen LogP contribution in [0.5, 0.6) is 0 Å². The number of aryl methyl sites for hydroxylation is 1. The van der Waals surface area contributed by atoms with Crippen molar-refractivity contribution in [1.29, 1.82) is 0 Å². The molecule has 0 saturated carbocycles. The van der Waals surface area contributed by atoms with Crippen molar-refractivity contribution in [2.24, 2.45) is 0 Å². The molecule has 0 saturated heterocycles. The maximum absolute atomic E-state index is 12.9. The van der Waals surface area contributed by atoms with Gasteiger partial charge in [-0.2, -0.15) is 0 Å². The molecule has 60 valence electrons. The van der Waals surface area contributed by atoms with E-state index < -0.39 is 0 Å². The number of hydrogen-bond acceptors (Lipinski definition) is 0. The molecule has 1 unspecified atom stereocenters. The van der Waals surface area contributed by atoms with Gasteiger partial charge < -0.3 is 0 Å². The number of hydrogen-bond donors (Lipinski definition) is 0. The Morgan fingerprint density at radius 3 is 2.55 bits per heavy atom. The molecule has 0 aliphatic carbocycles. The van der Waals surface area contributed by atoms with E-state index in [-0.39, 0.29) is 10.6 Å². The third-order valence-corrected chi connectivity index (χ3v) is 2.18. The van der Waals surface area contributed by atoms with Gasteiger partial charge in [0.05, 0.1) is 0 Å². The molecule has 0 aliphatic heterocycles. The zero-order chi connectivity index (χ0) is 8.43. The lowest BCUT2D eigenvalue weighted by Crippen LogP contribution is -1.87. The Labute approximate surface area is 74.6 Å². The van der Waals surface area contributed by atoms with Crippen molar-refractivity contribution < 1.29 is 4.39 Å². The Balaban J connectivity index is 3.05. The lowest BCUT2D eigenvalue weighted by atomic mass is 10.1. The zero-order valence-corrected chi connectivity index (χ0v) is 8.15. The lowest BCUT2D eigenvalue weighted by Gasteiger charge is -2.04. The average Bonchev–Trinajstić information content (AvgIpc) is 1.94. The van der Waals surface area contributed by atoms with Gasteiger partial charge in [-0.15, -0.1) is 0 Å². The maximum atomic E-state index is 12.9. The highest BCUT2D eigenvalue weighted by Gasteiger charge is 2.02. The molecule has 0 N–H and O–H groups in total. The van der Waals surface area contributed by atoms with Crippen molar-refractivity contribution in [1.82, 2.24) is 0 Å². The van der Waals surface area contributed by atoms with Gasteiger partial charge in [-0.1, -0.05) is 28.1 Å². The monoisotopic (exact) mass is 216 g/mol. The van der Waals surface area contributed by atoms with Crippen molar-refractivity contribution in [3.05, 3.63) is 35.1 Å². The van der Waals surface area contributed by atoms with E-state index >= 15 is 0 Å². The van der Waals surface area contributed by atoms with Gasteiger partial charge in [0.2, 0.25) is 0 Å². The number of benzene rings is 1. The second-order valence-electron chi connectivity index (χ2n) is 2.62. The first kappa shape index (κ1) is 8.72. The molecular formula is C9H10BrF. The van der Waals surface area contributed by atoms with Crippen LogP contribution in [0.25, 0.3) is 0 Å². The first-order valence-electron chi connectivity index (χ1n) is 3.51. The summed E-state index contributed by atoms with van der Waals surface area (Å²) >= 11 is 3.37. The van der Waals surface area contributed by atoms with Crippen molar-refractivity contribution >= 4 is 15.9 Å². The summed E-state index contributed by atoms with van der Waals surface area (Å²) in [5.74, 6) is -0.131. The fourth-order valence-electron chi connectivity index (χ4n) is 0.857. The summed E-state index contributed by atoms with van der Waals surface area (Å²) in [7, 11) is 0. The maximum Gasteiger partial charge on any atom is 0.126 e. The molecule has 1 aromatic rings. The molecule has 0 aliphatic rings. The quantitative estimate of drug-likeness (QED) is 0.630. The van der Waals surface area contributed by atoms with Gasteiger partial charge in [0.1, 0.15) is 5.82 Å². The molecule has 1 atom stereocenters. The van der Waals surface area contributed by atoms with Gasteiger partial charge in [-0.25, -0.2) is 4.39 Å². The summed E-state index contributed by atoms with van der Waals surface area (Å²) in [6.45, 7) is 3.74. The SMILES string of the molecule is Cc1ccc(C(C)Br)cc1F. The second kappa shape index (κ2) is 3.35. The fraction of sp³-hybridized carbons (Fsp3) is 0.333. The molecule has 1 rings (SSSR count). The van der Waals surface area contributed by atoms with E-state index in [0.29, 0.717) is 5.56 Å². The highest BCUT2D eigenvalue weighted by molar-refractivity contribution is 9.09. The lowest BCUT2D eigenvalue weighted by molar-refractivity contribution is 0.616. The van der Waals surface area contributed by atoms with Crippen molar-refractivity contribution in [2.45, 2.75) is 18.7 Å². The molecule has 0 bridgehead atoms. The normalized spacial score (nSPS) is 13.1. The van der Waals surface area contributed by atoms with E-state index in [2.05, 4.69) is 15.9 Å². The van der Waals surface area contributed by atoms with Crippen LogP contribution in [-0.2, 0) is 0 Å². The van der Waals surface area contributed by atoms with Crippen LogP contribution >= 0.6 is 15.9 Å². The third-order valence-electron chi connectivity index (χ3n) is 1.66. The topological polar surface area (TPSA) is 0 Å². The minimum Gasteiger partial charge on any atom is -0.207 e. The predicted molar refractivity (Wildman–Crippen MR) is 48.5 cm³/mol. The fourth-order valence-corrected chi connectivity index (χ4v) is 1.14. The van der Waals surface area contributed by atoms with Crippen LogP contribution < -0.4 is 0 Å². The molecule has 0 aromatic heterocycles. The Morgan fingerprint density at radius 2 is 2.09 bits per heavy atom. The minimum absolute atomic E-state index is 0.131. The van der Waals surface area contributed by atoms with E-state index in [4.69, 9.17) is 0 Å². The number of rotatable bonds is 1. The van der Waals surface area contributed by atoms with Crippen LogP contribution in [0, 0.1) is 12.7 Å². The molecule has 0 fully saturated rings. The van der Waals surface area contributed by atoms with Crippen LogP contribution in [0.4, 0.5) is 4.39 Å². The van der Waals surface area contributed by atoms with Gasteiger partial charge in [0.25, 0.3) is 0 Å². The summed E-state index contributed by atoms with van der Waals surface area (Å²) in [4.78, 5) is 0.220. The average molecular weight is 217 g/mol. The standard InChI is InChI=1S/C9H10BrF/c1-6-3-4-8(7(2)10)5-9(6)11/h3-5,7H,1-2H3. The number of halogens is 2. The van der Waals surface area contributed by atoms with E-state index in [1.165, 1.54) is 0 Å². The number of alkyl halides is 1. The molecule has 0 radical (unpaired) electrons. The van der Waals surface area contributed by atoms with Crippen molar-refractivity contribution in [3.63, 3.8) is 0 Å². The van der Waals surface area contributed by atoms with Crippen LogP contribution in [0.2, 0.25) is 0 Å². The van der Waals surface area contributed by atoms with Gasteiger partial charge in [-0.3, -0.25) is 0 Å². The minimum atomic E-state index is -0.131. The first-order valence-corrected chi connectivity index (χ1v) is 4.43. The smallest absolute Gasteiger partial charge is 0.126 e. The largest absolute Gasteiger partial charge is 0.207 e. The van der Waals surface area contributed by atoms with E-state index in [1.807, 2.05) is 13.0 Å². The Bertz CT molecular complexity index is 256. The second-order valence-corrected chi connectivity index (χ2v) is 4.00. The van der Waals surface area contributed by atoms with E-state index in [9.17, 15) is 4.39 Å². The Morgan fingerprint density at radius 1 is 1.45 bits per heavy atom. The van der Waals surface area contributed by atoms with Gasteiger partial charge in [-0.05, 0) is 31.0 Å². The van der Waals surface area contributed by atoms with Crippen molar-refractivity contribution in [3.8, 4) is 0 Å². The summed E-state index contributed by atoms with van der Waals surface area (Å²) in [6.07, 6.45) is 0. The summed E-state index contributed by atoms with van der Waals surface area (Å²) in [6, 6.07) is 5.29. The predicted octanol–water partition coefficient (Wildman–Crippen LogP) is 3.59. The molecular weight excluding hydrogens is 207 g/mol. The zero-order valence-electron chi connectivity index (χ0n) is 6.57. The molecule has 2 heteroatoms. The third kappa shape index (κ3) is 2.03. The molecule has 0 nitrogen and oxygen atoms in total. The summed E-state index contributed by atoms with van der Waals surface area (Å²) < 4.78 is 12.9. The van der Waals surface area contributed by atoms with Crippen LogP contribution in [0.1, 0.15) is 22.9 Å². The highest BCUT2D eigenvalue weighted by Crippen LogP contribution is 2.22. The summed E-state index contributed by atoms with van der Waals surface area (Å²) in [5, 5.41) is 0. The molecule has 0 amide bonds. The Kier molecular flexibility index (Phi) is 2.66. The molecule has 0 heterocycles. The molecule has 1 aromatic carbocycles. The van der Waals surface area contributed by atoms with Gasteiger partial charge >= 0.3 is 0 Å².